The Kier molecular flexibility index (Phi) is 6.94. The minimum absolute atomic E-state index is 1.07. The van der Waals surface area contributed by atoms with Crippen LogP contribution in [0.2, 0.25) is 0 Å². The highest BCUT2D eigenvalue weighted by Crippen LogP contribution is 2.39. The van der Waals surface area contributed by atoms with E-state index < -0.39 is 0 Å². The molecule has 0 spiro atoms. The van der Waals surface area contributed by atoms with Gasteiger partial charge in [-0.15, -0.1) is 0 Å². The van der Waals surface area contributed by atoms with Crippen LogP contribution in [0.3, 0.4) is 0 Å². The summed E-state index contributed by atoms with van der Waals surface area (Å²) >= 11 is 0. The first-order chi connectivity index (χ1) is 8.45. The lowest BCUT2D eigenvalue weighted by atomic mass is 10.1. The molecule has 0 aliphatic heterocycles. The molecule has 2 rings (SSSR count). The van der Waals surface area contributed by atoms with E-state index in [0.29, 0.717) is 0 Å². The lowest BCUT2D eigenvalue weighted by molar-refractivity contribution is 0.623. The zero-order valence-electron chi connectivity index (χ0n) is 11.5. The van der Waals surface area contributed by atoms with E-state index in [-0.39, 0.29) is 0 Å². The van der Waals surface area contributed by atoms with E-state index in [9.17, 15) is 0 Å². The van der Waals surface area contributed by atoms with Gasteiger partial charge in [-0.2, -0.15) is 0 Å². The second-order valence-electron chi connectivity index (χ2n) is 6.15. The third-order valence-electron chi connectivity index (χ3n) is 4.57. The quantitative estimate of drug-likeness (QED) is 0.408. The Bertz CT molecular complexity index is 172. The molecule has 2 aliphatic rings. The van der Waals surface area contributed by atoms with Crippen molar-refractivity contribution in [1.82, 2.24) is 0 Å². The Balaban J connectivity index is 1.73. The van der Waals surface area contributed by atoms with E-state index in [1.54, 1.807) is 0 Å². The third-order valence-corrected chi connectivity index (χ3v) is 6.45. The monoisotopic (exact) mass is 253 g/mol. The SMILES string of the molecule is C1CCCCC([P]C2CCCCCC2)CCC1. The minimum atomic E-state index is 1.07. The average molecular weight is 253 g/mol. The molecule has 1 radical (unpaired) electrons. The van der Waals surface area contributed by atoms with E-state index in [1.165, 1.54) is 89.9 Å². The molecule has 1 heteroatoms. The zero-order chi connectivity index (χ0) is 11.8. The van der Waals surface area contributed by atoms with Crippen molar-refractivity contribution in [1.29, 1.82) is 0 Å². The predicted octanol–water partition coefficient (Wildman–Crippen LogP) is 6.16. The summed E-state index contributed by atoms with van der Waals surface area (Å²) in [4.78, 5) is 0. The van der Waals surface area contributed by atoms with Gasteiger partial charge < -0.3 is 0 Å². The molecule has 0 aromatic rings. The molecule has 2 saturated carbocycles. The molecule has 0 amide bonds. The molecular weight excluding hydrogens is 223 g/mol. The Morgan fingerprint density at radius 2 is 0.706 bits per heavy atom. The van der Waals surface area contributed by atoms with Crippen molar-refractivity contribution < 1.29 is 0 Å². The topological polar surface area (TPSA) is 0 Å². The van der Waals surface area contributed by atoms with Crippen molar-refractivity contribution in [2.45, 2.75) is 101 Å². The van der Waals surface area contributed by atoms with Crippen LogP contribution in [-0.2, 0) is 0 Å². The van der Waals surface area contributed by atoms with Gasteiger partial charge in [-0.3, -0.25) is 0 Å². The summed E-state index contributed by atoms with van der Waals surface area (Å²) in [7, 11) is 1.85. The molecule has 0 bridgehead atoms. The molecule has 99 valence electrons. The summed E-state index contributed by atoms with van der Waals surface area (Å²) in [6.45, 7) is 0. The van der Waals surface area contributed by atoms with Crippen LogP contribution in [0, 0.1) is 0 Å². The van der Waals surface area contributed by atoms with Crippen molar-refractivity contribution in [2.75, 3.05) is 0 Å². The van der Waals surface area contributed by atoms with E-state index in [2.05, 4.69) is 0 Å². The van der Waals surface area contributed by atoms with Gasteiger partial charge in [0.15, 0.2) is 0 Å². The fraction of sp³-hybridized carbons (Fsp3) is 1.00. The first kappa shape index (κ1) is 13.9. The first-order valence-corrected chi connectivity index (χ1v) is 9.18. The van der Waals surface area contributed by atoms with Gasteiger partial charge in [0.25, 0.3) is 0 Å². The van der Waals surface area contributed by atoms with Crippen molar-refractivity contribution in [3.63, 3.8) is 0 Å². The average Bonchev–Trinajstić information content (AvgIpc) is 2.52. The van der Waals surface area contributed by atoms with Gasteiger partial charge >= 0.3 is 0 Å². The summed E-state index contributed by atoms with van der Waals surface area (Å²) in [6, 6.07) is 0. The van der Waals surface area contributed by atoms with Crippen molar-refractivity contribution in [2.24, 2.45) is 0 Å². The fourth-order valence-electron chi connectivity index (χ4n) is 3.47. The molecule has 0 nitrogen and oxygen atoms in total. The van der Waals surface area contributed by atoms with Crippen molar-refractivity contribution >= 4 is 8.58 Å². The van der Waals surface area contributed by atoms with Gasteiger partial charge in [-0.05, 0) is 37.0 Å². The molecule has 0 N–H and O–H groups in total. The molecule has 0 atom stereocenters. The summed E-state index contributed by atoms with van der Waals surface area (Å²) in [5.41, 5.74) is 2.14. The van der Waals surface area contributed by atoms with Gasteiger partial charge in [0.05, 0.1) is 0 Å². The van der Waals surface area contributed by atoms with Crippen LogP contribution in [0.5, 0.6) is 0 Å². The van der Waals surface area contributed by atoms with Crippen molar-refractivity contribution in [3.05, 3.63) is 0 Å². The maximum absolute atomic E-state index is 1.85. The Labute approximate surface area is 110 Å². The summed E-state index contributed by atoms with van der Waals surface area (Å²) in [5, 5.41) is 0. The van der Waals surface area contributed by atoms with E-state index in [4.69, 9.17) is 0 Å². The minimum Gasteiger partial charge on any atom is -0.0741 e. The molecule has 0 saturated heterocycles. The summed E-state index contributed by atoms with van der Waals surface area (Å²) in [6.07, 6.45) is 21.3. The van der Waals surface area contributed by atoms with Crippen molar-refractivity contribution in [3.8, 4) is 0 Å². The smallest absolute Gasteiger partial charge is 0.0168 e. The second-order valence-corrected chi connectivity index (χ2v) is 7.91. The lowest BCUT2D eigenvalue weighted by Crippen LogP contribution is -2.08. The Morgan fingerprint density at radius 1 is 0.412 bits per heavy atom. The molecule has 0 unspecified atom stereocenters. The van der Waals surface area contributed by atoms with E-state index in [1.807, 2.05) is 8.58 Å². The molecule has 0 aromatic carbocycles. The molecular formula is C16H30P. The van der Waals surface area contributed by atoms with Crippen LogP contribution in [0.15, 0.2) is 0 Å². The van der Waals surface area contributed by atoms with Gasteiger partial charge in [0.2, 0.25) is 0 Å². The molecule has 0 aromatic heterocycles. The first-order valence-electron chi connectivity index (χ1n) is 8.15. The van der Waals surface area contributed by atoms with Gasteiger partial charge in [-0.1, -0.05) is 72.8 Å². The van der Waals surface area contributed by atoms with Gasteiger partial charge in [0.1, 0.15) is 0 Å². The largest absolute Gasteiger partial charge is 0.0741 e. The summed E-state index contributed by atoms with van der Waals surface area (Å²) in [5.74, 6) is 0. The molecule has 0 heterocycles. The number of hydrogen-bond donors (Lipinski definition) is 0. The number of hydrogen-bond acceptors (Lipinski definition) is 0. The van der Waals surface area contributed by atoms with Gasteiger partial charge in [0, 0.05) is 0 Å². The standard InChI is InChI=1S/C16H30P/c1-2-4-8-12-15(11-7-3-1)17-16-13-9-5-6-10-14-16/h15-16H,1-14H2. The van der Waals surface area contributed by atoms with E-state index in [0.717, 1.165) is 11.3 Å². The van der Waals surface area contributed by atoms with Crippen LogP contribution >= 0.6 is 8.58 Å². The van der Waals surface area contributed by atoms with Crippen LogP contribution < -0.4 is 0 Å². The van der Waals surface area contributed by atoms with Gasteiger partial charge in [-0.25, -0.2) is 0 Å². The highest BCUT2D eigenvalue weighted by atomic mass is 31.1. The van der Waals surface area contributed by atoms with Crippen LogP contribution in [0.1, 0.15) is 89.9 Å². The second kappa shape index (κ2) is 8.52. The molecule has 2 aliphatic carbocycles. The van der Waals surface area contributed by atoms with Crippen LogP contribution in [-0.4, -0.2) is 11.3 Å². The third kappa shape index (κ3) is 5.73. The molecule has 2 fully saturated rings. The highest BCUT2D eigenvalue weighted by Gasteiger charge is 2.19. The highest BCUT2D eigenvalue weighted by molar-refractivity contribution is 7.39. The van der Waals surface area contributed by atoms with Crippen LogP contribution in [0.4, 0.5) is 0 Å². The van der Waals surface area contributed by atoms with Crippen LogP contribution in [0.25, 0.3) is 0 Å². The zero-order valence-corrected chi connectivity index (χ0v) is 12.4. The Hall–Kier alpha value is 0.430. The fourth-order valence-corrected chi connectivity index (χ4v) is 5.39. The number of rotatable bonds is 2. The predicted molar refractivity (Wildman–Crippen MR) is 79.1 cm³/mol. The Morgan fingerprint density at radius 3 is 1.06 bits per heavy atom. The maximum Gasteiger partial charge on any atom is -0.0168 e. The normalized spacial score (nSPS) is 27.5. The summed E-state index contributed by atoms with van der Waals surface area (Å²) < 4.78 is 0. The lowest BCUT2D eigenvalue weighted by Gasteiger charge is -2.21. The maximum atomic E-state index is 1.85. The molecule has 17 heavy (non-hydrogen) atoms. The van der Waals surface area contributed by atoms with E-state index >= 15 is 0 Å².